The molecule has 574 valence electrons. The first-order valence-corrected chi connectivity index (χ1v) is 48.9. The standard InChI is InChI=1S/C98H164BN3/c1-96(2,3)67-54-79(61-29-14-10-15-30-61)94(80(55-67)62-31-16-11-17-32-62)101-87-52-47-66(71-49-50-78-76-42-27-38-65-37-26-41-75(91(65)76)77-44-28-43-74(71)92(77)78)53-84(87)99-83-51-48-70(100-85-45-24-22-39-72(85)73-40-23-25-46-86(73)100)60-88(83)102(90-59-69(98(7,8)9)58-89(101)93(90)99)95-81(63-33-18-12-19-34-63)56-68(97(4,5)6)57-82(95)64-35-20-13-21-36-64/h61-95H,10-60H2,1-9H3. The predicted molar refractivity (Wildman–Crippen MR) is 431 cm³/mol. The van der Waals surface area contributed by atoms with Crippen LogP contribution in [0.5, 0.6) is 0 Å². The highest BCUT2D eigenvalue weighted by Gasteiger charge is 2.71. The number of nitrogens with zero attached hydrogens (tertiary/aromatic N) is 3. The molecule has 0 aromatic rings. The van der Waals surface area contributed by atoms with E-state index >= 15 is 0 Å². The van der Waals surface area contributed by atoms with Gasteiger partial charge in [0.15, 0.2) is 6.71 Å². The van der Waals surface area contributed by atoms with E-state index in [2.05, 4.69) is 77.0 Å². The molecule has 0 amide bonds. The van der Waals surface area contributed by atoms with Crippen LogP contribution in [0.2, 0.25) is 17.5 Å². The van der Waals surface area contributed by atoms with Gasteiger partial charge < -0.3 is 0 Å². The van der Waals surface area contributed by atoms with Gasteiger partial charge in [0.05, 0.1) is 0 Å². The van der Waals surface area contributed by atoms with E-state index < -0.39 is 0 Å². The van der Waals surface area contributed by atoms with E-state index in [4.69, 9.17) is 0 Å². The van der Waals surface area contributed by atoms with Gasteiger partial charge in [0, 0.05) is 54.4 Å². The second-order valence-corrected chi connectivity index (χ2v) is 47.3. The van der Waals surface area contributed by atoms with Crippen molar-refractivity contribution in [2.45, 2.75) is 462 Å². The van der Waals surface area contributed by atoms with Gasteiger partial charge in [0.25, 0.3) is 0 Å². The summed E-state index contributed by atoms with van der Waals surface area (Å²) in [6.07, 6.45) is 80.3. The topological polar surface area (TPSA) is 9.72 Å². The van der Waals surface area contributed by atoms with Crippen molar-refractivity contribution in [2.24, 2.45) is 152 Å². The Morgan fingerprint density at radius 3 is 1.06 bits per heavy atom. The minimum atomic E-state index is 0.330. The van der Waals surface area contributed by atoms with Crippen molar-refractivity contribution in [2.75, 3.05) is 0 Å². The van der Waals surface area contributed by atoms with Crippen molar-refractivity contribution < 1.29 is 0 Å². The minimum absolute atomic E-state index is 0.330. The Morgan fingerprint density at radius 2 is 0.588 bits per heavy atom. The van der Waals surface area contributed by atoms with E-state index in [0.717, 1.165) is 215 Å². The molecule has 19 fully saturated rings. The molecule has 19 aliphatic rings. The highest BCUT2D eigenvalue weighted by atomic mass is 15.3. The third kappa shape index (κ3) is 12.8. The van der Waals surface area contributed by atoms with E-state index in [1.807, 2.05) is 0 Å². The number of likely N-dealkylation sites (tertiary alicyclic amines) is 1. The average Bonchev–Trinajstić information content (AvgIpc) is 0.730. The summed E-state index contributed by atoms with van der Waals surface area (Å²) in [5.41, 5.74) is 1.12. The maximum Gasteiger partial charge on any atom is 0.156 e. The molecule has 19 rings (SSSR count). The third-order valence-electron chi connectivity index (χ3n) is 40.7. The molecule has 3 heterocycles. The van der Waals surface area contributed by atoms with E-state index in [9.17, 15) is 0 Å². The summed E-state index contributed by atoms with van der Waals surface area (Å²) < 4.78 is 0. The zero-order valence-corrected chi connectivity index (χ0v) is 68.7. The van der Waals surface area contributed by atoms with Crippen LogP contribution >= 0.6 is 0 Å². The summed E-state index contributed by atoms with van der Waals surface area (Å²) >= 11 is 0. The van der Waals surface area contributed by atoms with Crippen molar-refractivity contribution in [3.63, 3.8) is 0 Å². The van der Waals surface area contributed by atoms with Crippen molar-refractivity contribution in [3.8, 4) is 0 Å². The molecule has 16 aliphatic carbocycles. The highest BCUT2D eigenvalue weighted by Crippen LogP contribution is 2.72. The van der Waals surface area contributed by atoms with Gasteiger partial charge in [-0.2, -0.15) is 0 Å². The van der Waals surface area contributed by atoms with Crippen LogP contribution < -0.4 is 0 Å². The second kappa shape index (κ2) is 29.2. The molecule has 102 heavy (non-hydrogen) atoms. The van der Waals surface area contributed by atoms with Crippen LogP contribution in [0.4, 0.5) is 0 Å². The fraction of sp³-hybridized carbons (Fsp3) is 1.00. The lowest BCUT2D eigenvalue weighted by Gasteiger charge is -2.73. The maximum atomic E-state index is 3.99. The normalized spacial score (nSPS) is 50.6. The van der Waals surface area contributed by atoms with E-state index in [-0.39, 0.29) is 0 Å². The summed E-state index contributed by atoms with van der Waals surface area (Å²) in [6, 6.07) is 7.54. The number of hydrogen-bond acceptors (Lipinski definition) is 3. The third-order valence-corrected chi connectivity index (χ3v) is 40.7. The van der Waals surface area contributed by atoms with E-state index in [1.165, 1.54) is 103 Å². The molecule has 3 nitrogen and oxygen atoms in total. The summed E-state index contributed by atoms with van der Waals surface area (Å²) in [6.45, 7) is 26.1. The Labute approximate surface area is 631 Å². The summed E-state index contributed by atoms with van der Waals surface area (Å²) in [5, 5.41) is 0. The number of fused-ring (bicyclic) bond motifs is 9. The largest absolute Gasteiger partial charge is 0.295 e. The van der Waals surface area contributed by atoms with Crippen molar-refractivity contribution in [1.29, 1.82) is 0 Å². The molecule has 0 aromatic carbocycles. The molecule has 0 spiro atoms. The molecule has 3 saturated heterocycles. The zero-order valence-electron chi connectivity index (χ0n) is 68.7. The van der Waals surface area contributed by atoms with Gasteiger partial charge >= 0.3 is 0 Å². The number of rotatable bonds is 8. The summed E-state index contributed by atoms with van der Waals surface area (Å²) in [4.78, 5) is 11.5. The van der Waals surface area contributed by atoms with E-state index in [0.29, 0.717) is 16.2 Å². The van der Waals surface area contributed by atoms with Gasteiger partial charge in [0.1, 0.15) is 0 Å². The van der Waals surface area contributed by atoms with Crippen LogP contribution in [0, 0.1) is 152 Å². The van der Waals surface area contributed by atoms with Gasteiger partial charge in [-0.3, -0.25) is 14.7 Å². The van der Waals surface area contributed by atoms with Crippen LogP contribution in [0.15, 0.2) is 0 Å². The van der Waals surface area contributed by atoms with Gasteiger partial charge in [-0.05, 0) is 298 Å². The van der Waals surface area contributed by atoms with Gasteiger partial charge in [-0.1, -0.05) is 261 Å². The smallest absolute Gasteiger partial charge is 0.156 e. The van der Waals surface area contributed by atoms with Crippen LogP contribution in [0.3, 0.4) is 0 Å². The van der Waals surface area contributed by atoms with Crippen LogP contribution in [0.1, 0.15) is 390 Å². The lowest BCUT2D eigenvalue weighted by Crippen LogP contribution is -2.77. The second-order valence-electron chi connectivity index (χ2n) is 47.3. The lowest BCUT2D eigenvalue weighted by atomic mass is 9.18. The molecule has 27 atom stereocenters. The maximum absolute atomic E-state index is 3.99. The van der Waals surface area contributed by atoms with Crippen molar-refractivity contribution in [3.05, 3.63) is 0 Å². The van der Waals surface area contributed by atoms with Crippen molar-refractivity contribution >= 4 is 6.71 Å². The first kappa shape index (κ1) is 72.2. The number of hydrogen-bond donors (Lipinski definition) is 0. The zero-order chi connectivity index (χ0) is 69.1. The monoisotopic (exact) mass is 1390 g/mol. The molecular weight excluding hydrogens is 1230 g/mol. The van der Waals surface area contributed by atoms with Gasteiger partial charge in [0.2, 0.25) is 0 Å². The quantitative estimate of drug-likeness (QED) is 0.224. The lowest BCUT2D eigenvalue weighted by molar-refractivity contribution is -0.161. The Hall–Kier alpha value is -0.0551. The summed E-state index contributed by atoms with van der Waals surface area (Å²) in [5.74, 6) is 25.7. The highest BCUT2D eigenvalue weighted by molar-refractivity contribution is 6.65. The molecule has 0 aromatic heterocycles. The molecule has 0 radical (unpaired) electrons. The van der Waals surface area contributed by atoms with Crippen molar-refractivity contribution in [1.82, 2.24) is 14.7 Å². The van der Waals surface area contributed by atoms with Crippen LogP contribution in [-0.2, 0) is 0 Å². The minimum Gasteiger partial charge on any atom is -0.295 e. The van der Waals surface area contributed by atoms with E-state index in [1.54, 1.807) is 225 Å². The fourth-order valence-electron chi connectivity index (χ4n) is 36.9. The molecule has 0 N–H and O–H groups in total. The Balaban J connectivity index is 0.790. The predicted octanol–water partition coefficient (Wildman–Crippen LogP) is 26.3. The average molecular weight is 1400 g/mol. The van der Waals surface area contributed by atoms with Crippen LogP contribution in [-0.4, -0.2) is 75.8 Å². The van der Waals surface area contributed by atoms with Crippen LogP contribution in [0.25, 0.3) is 0 Å². The SMILES string of the molecule is CC(C)(C)C1CC(C2CCCCC2)C(N2C3CCC(C4CCC5C6CCCC7CCCC(C8CCCC4C85)C76)CC3B3C4CCC(N5C6CCCCC6C6CCCCC65)CC4N(C4C(C5CCCCC5)CC(C(C)(C)C)CC4C4CCCCC4)C4CC(C(C)(C)C)CC2C34)C(C2CCCCC2)C1. The van der Waals surface area contributed by atoms with Gasteiger partial charge in [-0.25, -0.2) is 0 Å². The molecule has 4 heteroatoms. The molecule has 0 bridgehead atoms. The first-order chi connectivity index (χ1) is 49.5. The fourth-order valence-corrected chi connectivity index (χ4v) is 36.9. The Kier molecular flexibility index (Phi) is 20.6. The van der Waals surface area contributed by atoms with Gasteiger partial charge in [-0.15, -0.1) is 0 Å². The Morgan fingerprint density at radius 1 is 0.216 bits per heavy atom. The molecule has 16 saturated carbocycles. The molecular formula is C98H164BN3. The molecule has 27 unspecified atom stereocenters. The first-order valence-electron chi connectivity index (χ1n) is 48.9. The summed E-state index contributed by atoms with van der Waals surface area (Å²) in [7, 11) is 0. The Bertz CT molecular complexity index is 2680. The molecule has 3 aliphatic heterocycles.